The fraction of sp³-hybridized carbons (Fsp3) is 0.222. The number of imidazole rings is 1. The number of rotatable bonds is 2. The number of thiophene rings is 1. The molecule has 2 nitrogen and oxygen atoms in total. The Balaban J connectivity index is 2.20. The van der Waals surface area contributed by atoms with Crippen LogP contribution in [0.1, 0.15) is 16.8 Å². The highest BCUT2D eigenvalue weighted by atomic mass is 32.1. The maximum Gasteiger partial charge on any atom is 0.0921 e. The minimum atomic E-state index is 0.968. The van der Waals surface area contributed by atoms with Gasteiger partial charge in [0.2, 0.25) is 0 Å². The van der Waals surface area contributed by atoms with Gasteiger partial charge in [0.1, 0.15) is 0 Å². The lowest BCUT2D eigenvalue weighted by molar-refractivity contribution is 1.10. The van der Waals surface area contributed by atoms with Crippen LogP contribution in [0.3, 0.4) is 0 Å². The van der Waals surface area contributed by atoms with Crippen molar-refractivity contribution < 1.29 is 0 Å². The van der Waals surface area contributed by atoms with Gasteiger partial charge in [0.05, 0.1) is 6.33 Å². The van der Waals surface area contributed by atoms with Gasteiger partial charge >= 0.3 is 0 Å². The van der Waals surface area contributed by atoms with Crippen LogP contribution in [0.2, 0.25) is 0 Å². The summed E-state index contributed by atoms with van der Waals surface area (Å²) in [6, 6.07) is 0. The summed E-state index contributed by atoms with van der Waals surface area (Å²) in [5.74, 6) is 0. The van der Waals surface area contributed by atoms with Crippen molar-refractivity contribution in [3.8, 4) is 0 Å². The van der Waals surface area contributed by atoms with Gasteiger partial charge < -0.3 is 4.98 Å². The first-order valence-electron chi connectivity index (χ1n) is 3.85. The first-order valence-corrected chi connectivity index (χ1v) is 4.79. The van der Waals surface area contributed by atoms with E-state index in [0.717, 1.165) is 6.42 Å². The molecule has 0 fully saturated rings. The number of hydrogen-bond donors (Lipinski definition) is 1. The molecule has 2 aromatic rings. The zero-order valence-electron chi connectivity index (χ0n) is 6.87. The van der Waals surface area contributed by atoms with Crippen LogP contribution in [0.15, 0.2) is 23.3 Å². The lowest BCUT2D eigenvalue weighted by atomic mass is 10.1. The Hall–Kier alpha value is -1.09. The summed E-state index contributed by atoms with van der Waals surface area (Å²) in [6.45, 7) is 2.14. The summed E-state index contributed by atoms with van der Waals surface area (Å²) >= 11 is 1.75. The van der Waals surface area contributed by atoms with Gasteiger partial charge in [0.25, 0.3) is 0 Å². The fourth-order valence-corrected chi connectivity index (χ4v) is 2.01. The predicted octanol–water partition coefficient (Wildman–Crippen LogP) is 2.37. The first-order chi connectivity index (χ1) is 5.86. The molecule has 0 radical (unpaired) electrons. The summed E-state index contributed by atoms with van der Waals surface area (Å²) in [5.41, 5.74) is 3.94. The van der Waals surface area contributed by atoms with Crippen LogP contribution in [-0.4, -0.2) is 9.97 Å². The Labute approximate surface area is 75.3 Å². The average molecular weight is 178 g/mol. The maximum absolute atomic E-state index is 3.98. The summed E-state index contributed by atoms with van der Waals surface area (Å²) in [7, 11) is 0. The Morgan fingerprint density at radius 2 is 2.42 bits per heavy atom. The van der Waals surface area contributed by atoms with Crippen LogP contribution >= 0.6 is 11.3 Å². The molecule has 0 aliphatic rings. The van der Waals surface area contributed by atoms with Gasteiger partial charge in [-0.15, -0.1) is 0 Å². The van der Waals surface area contributed by atoms with E-state index in [0.29, 0.717) is 0 Å². The number of aromatic nitrogens is 2. The van der Waals surface area contributed by atoms with Crippen molar-refractivity contribution in [2.24, 2.45) is 0 Å². The predicted molar refractivity (Wildman–Crippen MR) is 50.4 cm³/mol. The number of nitrogens with zero attached hydrogens (tertiary/aromatic N) is 1. The molecule has 1 N–H and O–H groups in total. The second-order valence-corrected chi connectivity index (χ2v) is 3.58. The fourth-order valence-electron chi connectivity index (χ4n) is 1.15. The van der Waals surface area contributed by atoms with Gasteiger partial charge in [0.15, 0.2) is 0 Å². The first kappa shape index (κ1) is 7.55. The van der Waals surface area contributed by atoms with Crippen molar-refractivity contribution in [2.45, 2.75) is 13.3 Å². The van der Waals surface area contributed by atoms with E-state index in [9.17, 15) is 0 Å². The molecule has 12 heavy (non-hydrogen) atoms. The van der Waals surface area contributed by atoms with Gasteiger partial charge in [0, 0.05) is 18.3 Å². The van der Waals surface area contributed by atoms with Crippen LogP contribution in [0.25, 0.3) is 0 Å². The lowest BCUT2D eigenvalue weighted by Crippen LogP contribution is -1.87. The average Bonchev–Trinajstić information content (AvgIpc) is 2.65. The van der Waals surface area contributed by atoms with Crippen molar-refractivity contribution >= 4 is 11.3 Å². The number of hydrogen-bond acceptors (Lipinski definition) is 2. The number of H-pyrrole nitrogens is 1. The van der Waals surface area contributed by atoms with Crippen LogP contribution in [0.4, 0.5) is 0 Å². The summed E-state index contributed by atoms with van der Waals surface area (Å²) in [6.07, 6.45) is 4.56. The molecule has 0 aromatic carbocycles. The molecule has 0 amide bonds. The highest BCUT2D eigenvalue weighted by molar-refractivity contribution is 7.08. The lowest BCUT2D eigenvalue weighted by Gasteiger charge is -1.95. The summed E-state index contributed by atoms with van der Waals surface area (Å²) < 4.78 is 0. The monoisotopic (exact) mass is 178 g/mol. The minimum Gasteiger partial charge on any atom is -0.348 e. The SMILES string of the molecule is Cc1cscc1Cc1cnc[nH]1. The molecular weight excluding hydrogens is 168 g/mol. The Kier molecular flexibility index (Phi) is 1.96. The molecule has 0 aliphatic carbocycles. The standard InChI is InChI=1S/C9H10N2S/c1-7-4-12-5-8(7)2-9-3-10-6-11-9/h3-6H,2H2,1H3,(H,10,11). The van der Waals surface area contributed by atoms with E-state index in [2.05, 4.69) is 27.7 Å². The van der Waals surface area contributed by atoms with Crippen LogP contribution in [0.5, 0.6) is 0 Å². The van der Waals surface area contributed by atoms with E-state index in [1.807, 2.05) is 6.20 Å². The maximum atomic E-state index is 3.98. The van der Waals surface area contributed by atoms with Gasteiger partial charge in [-0.25, -0.2) is 4.98 Å². The molecule has 0 saturated carbocycles. The van der Waals surface area contributed by atoms with Crippen molar-refractivity contribution in [1.82, 2.24) is 9.97 Å². The van der Waals surface area contributed by atoms with E-state index in [4.69, 9.17) is 0 Å². The quantitative estimate of drug-likeness (QED) is 0.751. The largest absolute Gasteiger partial charge is 0.348 e. The molecule has 0 saturated heterocycles. The van der Waals surface area contributed by atoms with Crippen molar-refractivity contribution in [2.75, 3.05) is 0 Å². The van der Waals surface area contributed by atoms with E-state index < -0.39 is 0 Å². The van der Waals surface area contributed by atoms with Crippen LogP contribution in [0, 0.1) is 6.92 Å². The molecular formula is C9H10N2S. The Morgan fingerprint density at radius 1 is 1.50 bits per heavy atom. The summed E-state index contributed by atoms with van der Waals surface area (Å²) in [5, 5.41) is 4.36. The third-order valence-corrected chi connectivity index (χ3v) is 2.81. The second kappa shape index (κ2) is 3.11. The molecule has 0 aliphatic heterocycles. The third-order valence-electron chi connectivity index (χ3n) is 1.90. The summed E-state index contributed by atoms with van der Waals surface area (Å²) in [4.78, 5) is 7.08. The molecule has 0 spiro atoms. The van der Waals surface area contributed by atoms with Gasteiger partial charge in [-0.2, -0.15) is 11.3 Å². The minimum absolute atomic E-state index is 0.968. The van der Waals surface area contributed by atoms with Crippen molar-refractivity contribution in [3.63, 3.8) is 0 Å². The topological polar surface area (TPSA) is 28.7 Å². The normalized spacial score (nSPS) is 10.4. The van der Waals surface area contributed by atoms with Crippen molar-refractivity contribution in [3.05, 3.63) is 40.1 Å². The van der Waals surface area contributed by atoms with Crippen LogP contribution < -0.4 is 0 Å². The van der Waals surface area contributed by atoms with E-state index in [1.54, 1.807) is 17.7 Å². The molecule has 0 unspecified atom stereocenters. The molecule has 3 heteroatoms. The highest BCUT2D eigenvalue weighted by Crippen LogP contribution is 2.16. The van der Waals surface area contributed by atoms with Crippen LogP contribution in [-0.2, 0) is 6.42 Å². The number of aromatic amines is 1. The molecule has 0 atom stereocenters. The zero-order valence-corrected chi connectivity index (χ0v) is 7.69. The second-order valence-electron chi connectivity index (χ2n) is 2.83. The van der Waals surface area contributed by atoms with Gasteiger partial charge in [-0.05, 0) is 28.8 Å². The molecule has 2 heterocycles. The third kappa shape index (κ3) is 1.41. The smallest absolute Gasteiger partial charge is 0.0921 e. The van der Waals surface area contributed by atoms with Crippen molar-refractivity contribution in [1.29, 1.82) is 0 Å². The Bertz CT molecular complexity index is 348. The molecule has 62 valence electrons. The van der Waals surface area contributed by atoms with E-state index >= 15 is 0 Å². The number of aryl methyl sites for hydroxylation is 1. The van der Waals surface area contributed by atoms with Gasteiger partial charge in [-0.1, -0.05) is 0 Å². The van der Waals surface area contributed by atoms with E-state index in [-0.39, 0.29) is 0 Å². The van der Waals surface area contributed by atoms with Gasteiger partial charge in [-0.3, -0.25) is 0 Å². The highest BCUT2D eigenvalue weighted by Gasteiger charge is 2.00. The molecule has 0 bridgehead atoms. The molecule has 2 aromatic heterocycles. The zero-order chi connectivity index (χ0) is 8.39. The Morgan fingerprint density at radius 3 is 3.00 bits per heavy atom. The van der Waals surface area contributed by atoms with E-state index in [1.165, 1.54) is 16.8 Å². The molecule has 2 rings (SSSR count). The number of nitrogens with one attached hydrogen (secondary N) is 1.